The SMILES string of the molecule is [2H]C([2H])(C#C)N1CCc2c([nH]c3ccccc23)[C@@H](C(=O)OC)C1. The molecule has 2 heterocycles. The van der Waals surface area contributed by atoms with Gasteiger partial charge in [0.05, 0.1) is 16.3 Å². The van der Waals surface area contributed by atoms with E-state index in [0.717, 1.165) is 22.2 Å². The van der Waals surface area contributed by atoms with Gasteiger partial charge in [-0.15, -0.1) is 6.42 Å². The van der Waals surface area contributed by atoms with E-state index in [4.69, 9.17) is 13.9 Å². The average Bonchev–Trinajstić information content (AvgIpc) is 2.81. The molecule has 0 unspecified atom stereocenters. The third kappa shape index (κ3) is 2.41. The van der Waals surface area contributed by atoms with Crippen molar-refractivity contribution >= 4 is 16.9 Å². The first-order chi connectivity index (χ1) is 11.0. The molecular formula is C17H18N2O2. The van der Waals surface area contributed by atoms with Crippen molar-refractivity contribution in [2.45, 2.75) is 12.3 Å². The van der Waals surface area contributed by atoms with Crippen molar-refractivity contribution in [3.05, 3.63) is 35.5 Å². The van der Waals surface area contributed by atoms with Crippen LogP contribution in [0.25, 0.3) is 10.9 Å². The number of carbonyl (C=O) groups is 1. The third-order valence-electron chi connectivity index (χ3n) is 3.94. The fourth-order valence-corrected chi connectivity index (χ4v) is 2.96. The number of aromatic amines is 1. The first kappa shape index (κ1) is 11.4. The van der Waals surface area contributed by atoms with E-state index in [1.807, 2.05) is 24.3 Å². The number of carbonyl (C=O) groups excluding carboxylic acids is 1. The Morgan fingerprint density at radius 3 is 3.19 bits per heavy atom. The molecule has 1 N–H and O–H groups in total. The zero-order chi connectivity index (χ0) is 16.6. The van der Waals surface area contributed by atoms with Crippen molar-refractivity contribution < 1.29 is 12.3 Å². The van der Waals surface area contributed by atoms with Crippen LogP contribution >= 0.6 is 0 Å². The summed E-state index contributed by atoms with van der Waals surface area (Å²) in [5.41, 5.74) is 2.81. The summed E-state index contributed by atoms with van der Waals surface area (Å²) in [6, 6.07) is 7.86. The van der Waals surface area contributed by atoms with Gasteiger partial charge >= 0.3 is 5.97 Å². The molecule has 3 rings (SSSR count). The summed E-state index contributed by atoms with van der Waals surface area (Å²) < 4.78 is 20.9. The maximum Gasteiger partial charge on any atom is 0.315 e. The molecule has 1 aromatic carbocycles. The van der Waals surface area contributed by atoms with Crippen molar-refractivity contribution in [2.24, 2.45) is 0 Å². The molecule has 0 saturated carbocycles. The number of rotatable bonds is 2. The Kier molecular flexibility index (Phi) is 3.06. The highest BCUT2D eigenvalue weighted by Crippen LogP contribution is 2.32. The predicted octanol–water partition coefficient (Wildman–Crippen LogP) is 1.92. The van der Waals surface area contributed by atoms with Gasteiger partial charge in [-0.25, -0.2) is 0 Å². The molecule has 108 valence electrons. The summed E-state index contributed by atoms with van der Waals surface area (Å²) >= 11 is 0. The van der Waals surface area contributed by atoms with Gasteiger partial charge in [0.15, 0.2) is 0 Å². The molecule has 1 aliphatic rings. The number of nitrogens with one attached hydrogen (secondary N) is 1. The topological polar surface area (TPSA) is 45.3 Å². The van der Waals surface area contributed by atoms with Crippen LogP contribution in [-0.4, -0.2) is 42.5 Å². The summed E-state index contributed by atoms with van der Waals surface area (Å²) in [4.78, 5) is 17.1. The maximum atomic E-state index is 12.3. The Morgan fingerprint density at radius 2 is 2.43 bits per heavy atom. The number of fused-ring (bicyclic) bond motifs is 3. The second-order valence-electron chi connectivity index (χ2n) is 5.09. The van der Waals surface area contributed by atoms with Crippen LogP contribution in [0.1, 0.15) is 19.9 Å². The maximum absolute atomic E-state index is 12.3. The minimum atomic E-state index is -1.90. The molecule has 4 heteroatoms. The second kappa shape index (κ2) is 5.63. The van der Waals surface area contributed by atoms with Crippen molar-refractivity contribution in [2.75, 3.05) is 26.7 Å². The molecule has 0 saturated heterocycles. The Hall–Kier alpha value is -2.25. The van der Waals surface area contributed by atoms with Gasteiger partial charge in [0.25, 0.3) is 0 Å². The van der Waals surface area contributed by atoms with Crippen LogP contribution in [0.2, 0.25) is 0 Å². The van der Waals surface area contributed by atoms with E-state index in [1.54, 1.807) is 0 Å². The van der Waals surface area contributed by atoms with Crippen molar-refractivity contribution in [1.29, 1.82) is 0 Å². The molecule has 1 aromatic heterocycles. The lowest BCUT2D eigenvalue weighted by molar-refractivity contribution is -0.142. The number of hydrogen-bond donors (Lipinski definition) is 1. The summed E-state index contributed by atoms with van der Waals surface area (Å²) in [7, 11) is 1.34. The number of hydrogen-bond acceptors (Lipinski definition) is 3. The molecule has 0 amide bonds. The Balaban J connectivity index is 2.10. The predicted molar refractivity (Wildman–Crippen MR) is 82.0 cm³/mol. The monoisotopic (exact) mass is 284 g/mol. The zero-order valence-electron chi connectivity index (χ0n) is 13.8. The van der Waals surface area contributed by atoms with E-state index in [1.165, 1.54) is 12.0 Å². The number of benzene rings is 1. The minimum absolute atomic E-state index is 0.184. The van der Waals surface area contributed by atoms with E-state index in [2.05, 4.69) is 10.9 Å². The Morgan fingerprint density at radius 1 is 1.62 bits per heavy atom. The molecule has 0 radical (unpaired) electrons. The lowest BCUT2D eigenvalue weighted by Crippen LogP contribution is -2.32. The van der Waals surface area contributed by atoms with Gasteiger partial charge in [-0.2, -0.15) is 0 Å². The number of aromatic nitrogens is 1. The summed E-state index contributed by atoms with van der Waals surface area (Å²) in [5.74, 6) is 1.19. The lowest BCUT2D eigenvalue weighted by Gasteiger charge is -2.20. The van der Waals surface area contributed by atoms with E-state index < -0.39 is 18.4 Å². The number of H-pyrrole nitrogens is 1. The third-order valence-corrected chi connectivity index (χ3v) is 3.94. The molecule has 1 atom stereocenters. The quantitative estimate of drug-likeness (QED) is 0.677. The second-order valence-corrected chi connectivity index (χ2v) is 5.09. The number of ether oxygens (including phenoxy) is 1. The van der Waals surface area contributed by atoms with Crippen LogP contribution in [0.3, 0.4) is 0 Å². The van der Waals surface area contributed by atoms with Crippen LogP contribution < -0.4 is 0 Å². The fourth-order valence-electron chi connectivity index (χ4n) is 2.96. The van der Waals surface area contributed by atoms with Crippen molar-refractivity contribution in [3.63, 3.8) is 0 Å². The summed E-state index contributed by atoms with van der Waals surface area (Å²) in [6.45, 7) is -1.27. The van der Waals surface area contributed by atoms with Crippen LogP contribution in [0, 0.1) is 12.3 Å². The molecule has 21 heavy (non-hydrogen) atoms. The Bertz CT molecular complexity index is 791. The number of nitrogens with zero attached hydrogens (tertiary/aromatic N) is 1. The van der Waals surface area contributed by atoms with Gasteiger partial charge in [-0.1, -0.05) is 24.1 Å². The lowest BCUT2D eigenvalue weighted by atomic mass is 10.00. The molecule has 0 bridgehead atoms. The van der Waals surface area contributed by atoms with Crippen LogP contribution in [0.15, 0.2) is 24.3 Å². The molecule has 0 spiro atoms. The van der Waals surface area contributed by atoms with E-state index in [0.29, 0.717) is 13.0 Å². The van der Waals surface area contributed by atoms with Gasteiger partial charge in [0.2, 0.25) is 0 Å². The highest BCUT2D eigenvalue weighted by atomic mass is 16.5. The smallest absolute Gasteiger partial charge is 0.315 e. The highest BCUT2D eigenvalue weighted by molar-refractivity contribution is 5.88. The number of esters is 1. The molecule has 4 nitrogen and oxygen atoms in total. The first-order valence-electron chi connectivity index (χ1n) is 7.88. The van der Waals surface area contributed by atoms with Gasteiger partial charge in [-0.3, -0.25) is 9.69 Å². The molecular weight excluding hydrogens is 264 g/mol. The summed E-state index contributed by atoms with van der Waals surface area (Å²) in [5, 5.41) is 1.06. The normalized spacial score (nSPS) is 20.9. The van der Waals surface area contributed by atoms with E-state index in [-0.39, 0.29) is 6.54 Å². The minimum Gasteiger partial charge on any atom is -0.468 e. The standard InChI is InChI=1S/C17H18N2O2/c1-3-9-19-10-8-13-12-6-4-5-7-15(12)18-16(13)14(11-19)17(20)21-2/h1,4-7,14,18H,8-11H2,2H3/t14-/m0/s1/i9D2. The van der Waals surface area contributed by atoms with Gasteiger partial charge in [0, 0.05) is 29.7 Å². The van der Waals surface area contributed by atoms with E-state index >= 15 is 0 Å². The molecule has 2 aromatic rings. The largest absolute Gasteiger partial charge is 0.468 e. The van der Waals surface area contributed by atoms with Gasteiger partial charge in [0.1, 0.15) is 5.92 Å². The number of methoxy groups -OCH3 is 1. The highest BCUT2D eigenvalue weighted by Gasteiger charge is 2.31. The Labute approximate surface area is 126 Å². The molecule has 0 fully saturated rings. The van der Waals surface area contributed by atoms with Crippen molar-refractivity contribution in [3.8, 4) is 12.3 Å². The fraction of sp³-hybridized carbons (Fsp3) is 0.353. The summed E-state index contributed by atoms with van der Waals surface area (Å²) in [6.07, 6.45) is 5.94. The molecule has 1 aliphatic heterocycles. The van der Waals surface area contributed by atoms with Crippen LogP contribution in [0.4, 0.5) is 0 Å². The number of para-hydroxylation sites is 1. The molecule has 0 aliphatic carbocycles. The van der Waals surface area contributed by atoms with Crippen LogP contribution in [0.5, 0.6) is 0 Å². The zero-order valence-corrected chi connectivity index (χ0v) is 11.8. The first-order valence-corrected chi connectivity index (χ1v) is 6.88. The van der Waals surface area contributed by atoms with Gasteiger partial charge in [-0.05, 0) is 18.1 Å². The van der Waals surface area contributed by atoms with Crippen LogP contribution in [-0.2, 0) is 16.0 Å². The van der Waals surface area contributed by atoms with Crippen molar-refractivity contribution in [1.82, 2.24) is 9.88 Å². The van der Waals surface area contributed by atoms with E-state index in [9.17, 15) is 4.79 Å². The van der Waals surface area contributed by atoms with Gasteiger partial charge < -0.3 is 9.72 Å². The average molecular weight is 284 g/mol. The number of terminal acetylenes is 1.